The molecule has 9 nitrogen and oxygen atoms in total. The number of anilines is 2. The Kier molecular flexibility index (Phi) is 4.65. The first-order valence-electron chi connectivity index (χ1n) is 10.2. The van der Waals surface area contributed by atoms with Crippen LogP contribution in [0.1, 0.15) is 12.8 Å². The van der Waals surface area contributed by atoms with E-state index in [4.69, 9.17) is 4.74 Å². The third-order valence-electron chi connectivity index (χ3n) is 6.42. The summed E-state index contributed by atoms with van der Waals surface area (Å²) < 4.78 is 5.06. The first kappa shape index (κ1) is 18.7. The Morgan fingerprint density at radius 2 is 2.00 bits per heavy atom. The molecule has 1 saturated carbocycles. The van der Waals surface area contributed by atoms with Crippen LogP contribution in [-0.2, 0) is 0 Å². The Balaban J connectivity index is 1.20. The van der Waals surface area contributed by atoms with E-state index in [1.54, 1.807) is 31.8 Å². The van der Waals surface area contributed by atoms with Crippen LogP contribution in [0.15, 0.2) is 36.9 Å². The molecule has 3 aromatic heterocycles. The van der Waals surface area contributed by atoms with Crippen LogP contribution in [0.5, 0.6) is 5.88 Å². The van der Waals surface area contributed by atoms with Gasteiger partial charge in [0.1, 0.15) is 17.8 Å². The lowest BCUT2D eigenvalue weighted by Crippen LogP contribution is -2.36. The summed E-state index contributed by atoms with van der Waals surface area (Å²) in [6.45, 7) is 1.57. The minimum Gasteiger partial charge on any atom is -0.481 e. The maximum Gasteiger partial charge on any atom is 0.321 e. The summed E-state index contributed by atoms with van der Waals surface area (Å²) in [6.07, 6.45) is 7.24. The lowest BCUT2D eigenvalue weighted by molar-refractivity contribution is 0.218. The van der Waals surface area contributed by atoms with E-state index in [0.717, 1.165) is 42.8 Å². The Labute approximate surface area is 174 Å². The van der Waals surface area contributed by atoms with Gasteiger partial charge in [0.15, 0.2) is 0 Å². The molecule has 1 saturated heterocycles. The van der Waals surface area contributed by atoms with E-state index in [9.17, 15) is 4.79 Å². The summed E-state index contributed by atoms with van der Waals surface area (Å²) in [5.74, 6) is 2.52. The number of aromatic amines is 1. The molecular formula is C21H25N7O2. The van der Waals surface area contributed by atoms with E-state index in [1.165, 1.54) is 0 Å². The average molecular weight is 407 g/mol. The van der Waals surface area contributed by atoms with Crippen molar-refractivity contribution < 1.29 is 9.53 Å². The fraction of sp³-hybridized carbons (Fsp3) is 0.429. The van der Waals surface area contributed by atoms with E-state index in [1.807, 2.05) is 17.2 Å². The van der Waals surface area contributed by atoms with Gasteiger partial charge in [-0.3, -0.25) is 0 Å². The fourth-order valence-electron chi connectivity index (χ4n) is 4.84. The van der Waals surface area contributed by atoms with Crippen molar-refractivity contribution >= 4 is 28.6 Å². The van der Waals surface area contributed by atoms with Crippen LogP contribution in [-0.4, -0.2) is 64.2 Å². The number of urea groups is 1. The topological polar surface area (TPSA) is 99.3 Å². The van der Waals surface area contributed by atoms with Gasteiger partial charge in [-0.25, -0.2) is 19.7 Å². The van der Waals surface area contributed by atoms with Gasteiger partial charge in [0.2, 0.25) is 5.88 Å². The number of ether oxygens (including phenoxy) is 1. The zero-order valence-electron chi connectivity index (χ0n) is 17.1. The Morgan fingerprint density at radius 1 is 1.20 bits per heavy atom. The van der Waals surface area contributed by atoms with E-state index in [2.05, 4.69) is 37.2 Å². The quantitative estimate of drug-likeness (QED) is 0.690. The second kappa shape index (κ2) is 7.47. The number of nitrogens with one attached hydrogen (secondary N) is 2. The first-order chi connectivity index (χ1) is 14.6. The number of methoxy groups -OCH3 is 1. The van der Waals surface area contributed by atoms with Gasteiger partial charge < -0.3 is 24.8 Å². The molecule has 0 bridgehead atoms. The van der Waals surface area contributed by atoms with Gasteiger partial charge in [0.05, 0.1) is 24.4 Å². The standard InChI is InChI=1S/C21H25N7O2/c1-27(20-17-5-6-22-19(17)24-12-25-20)16-7-13-10-28(11-14(13)8-16)21(29)26-15-3-4-18(30-2)23-9-15/h3-6,9,12-14,16H,7-8,10-11H2,1-2H3,(H,26,29)(H,22,24,25)/t13-,14+,16?. The molecule has 0 spiro atoms. The molecule has 1 unspecified atom stereocenters. The first-order valence-corrected chi connectivity index (χ1v) is 10.2. The predicted molar refractivity (Wildman–Crippen MR) is 114 cm³/mol. The van der Waals surface area contributed by atoms with Crippen molar-refractivity contribution in [3.8, 4) is 5.88 Å². The SMILES string of the molecule is COc1ccc(NC(=O)N2C[C@H]3CC(N(C)c4ncnc5[nH]ccc45)C[C@H]3C2)cn1. The third kappa shape index (κ3) is 3.30. The summed E-state index contributed by atoms with van der Waals surface area (Å²) in [4.78, 5) is 33.0. The molecule has 1 aliphatic carbocycles. The van der Waals surface area contributed by atoms with Crippen LogP contribution in [0.2, 0.25) is 0 Å². The molecule has 0 radical (unpaired) electrons. The highest BCUT2D eigenvalue weighted by atomic mass is 16.5. The number of carbonyl (C=O) groups is 1. The largest absolute Gasteiger partial charge is 0.481 e. The summed E-state index contributed by atoms with van der Waals surface area (Å²) in [5.41, 5.74) is 1.54. The van der Waals surface area contributed by atoms with Gasteiger partial charge in [-0.15, -0.1) is 0 Å². The minimum absolute atomic E-state index is 0.0638. The number of carbonyl (C=O) groups excluding carboxylic acids is 1. The molecule has 3 aromatic rings. The molecule has 3 atom stereocenters. The third-order valence-corrected chi connectivity index (χ3v) is 6.42. The molecule has 2 N–H and O–H groups in total. The monoisotopic (exact) mass is 407 g/mol. The lowest BCUT2D eigenvalue weighted by atomic mass is 10.0. The molecule has 156 valence electrons. The molecule has 0 aromatic carbocycles. The molecule has 2 aliphatic rings. The van der Waals surface area contributed by atoms with Crippen molar-refractivity contribution in [1.82, 2.24) is 24.8 Å². The number of hydrogen-bond donors (Lipinski definition) is 2. The van der Waals surface area contributed by atoms with Crippen molar-refractivity contribution in [3.05, 3.63) is 36.9 Å². The van der Waals surface area contributed by atoms with Gasteiger partial charge >= 0.3 is 6.03 Å². The second-order valence-electron chi connectivity index (χ2n) is 8.12. The highest BCUT2D eigenvalue weighted by Gasteiger charge is 2.44. The van der Waals surface area contributed by atoms with Crippen molar-refractivity contribution in [1.29, 1.82) is 0 Å². The number of likely N-dealkylation sites (tertiary alicyclic amines) is 1. The van der Waals surface area contributed by atoms with E-state index < -0.39 is 0 Å². The van der Waals surface area contributed by atoms with Gasteiger partial charge in [0.25, 0.3) is 0 Å². The number of hydrogen-bond acceptors (Lipinski definition) is 6. The van der Waals surface area contributed by atoms with Crippen LogP contribution in [0.25, 0.3) is 11.0 Å². The minimum atomic E-state index is -0.0638. The van der Waals surface area contributed by atoms with E-state index in [0.29, 0.717) is 29.4 Å². The molecule has 5 rings (SSSR count). The Morgan fingerprint density at radius 3 is 2.70 bits per heavy atom. The van der Waals surface area contributed by atoms with Gasteiger partial charge in [-0.1, -0.05) is 0 Å². The van der Waals surface area contributed by atoms with Crippen LogP contribution in [0.4, 0.5) is 16.3 Å². The highest BCUT2D eigenvalue weighted by Crippen LogP contribution is 2.41. The van der Waals surface area contributed by atoms with Gasteiger partial charge in [-0.05, 0) is 36.8 Å². The Hall–Kier alpha value is -3.36. The lowest BCUT2D eigenvalue weighted by Gasteiger charge is -2.28. The van der Waals surface area contributed by atoms with Crippen molar-refractivity contribution in [2.75, 3.05) is 37.5 Å². The Bertz CT molecular complexity index is 1040. The maximum atomic E-state index is 12.7. The van der Waals surface area contributed by atoms with E-state index >= 15 is 0 Å². The smallest absolute Gasteiger partial charge is 0.321 e. The van der Waals surface area contributed by atoms with Crippen LogP contribution < -0.4 is 15.0 Å². The molecule has 4 heterocycles. The molecular weight excluding hydrogens is 382 g/mol. The number of H-pyrrole nitrogens is 1. The van der Waals surface area contributed by atoms with Crippen LogP contribution in [0.3, 0.4) is 0 Å². The van der Waals surface area contributed by atoms with Gasteiger partial charge in [-0.2, -0.15) is 0 Å². The molecule has 2 fully saturated rings. The zero-order valence-corrected chi connectivity index (χ0v) is 17.1. The van der Waals surface area contributed by atoms with Crippen molar-refractivity contribution in [3.63, 3.8) is 0 Å². The maximum absolute atomic E-state index is 12.7. The second-order valence-corrected chi connectivity index (χ2v) is 8.12. The molecule has 2 amide bonds. The summed E-state index contributed by atoms with van der Waals surface area (Å²) in [7, 11) is 3.68. The van der Waals surface area contributed by atoms with Crippen LogP contribution in [0, 0.1) is 11.8 Å². The molecule has 9 heteroatoms. The molecule has 1 aliphatic heterocycles. The number of aromatic nitrogens is 4. The normalized spacial score (nSPS) is 22.9. The summed E-state index contributed by atoms with van der Waals surface area (Å²) in [5, 5.41) is 3.99. The summed E-state index contributed by atoms with van der Waals surface area (Å²) >= 11 is 0. The molecule has 30 heavy (non-hydrogen) atoms. The van der Waals surface area contributed by atoms with Gasteiger partial charge in [0, 0.05) is 38.4 Å². The highest BCUT2D eigenvalue weighted by molar-refractivity contribution is 5.89. The number of amides is 2. The van der Waals surface area contributed by atoms with E-state index in [-0.39, 0.29) is 6.03 Å². The van der Waals surface area contributed by atoms with Crippen molar-refractivity contribution in [2.45, 2.75) is 18.9 Å². The number of rotatable bonds is 4. The summed E-state index contributed by atoms with van der Waals surface area (Å²) in [6, 6.07) is 5.92. The van der Waals surface area contributed by atoms with Crippen molar-refractivity contribution in [2.24, 2.45) is 11.8 Å². The van der Waals surface area contributed by atoms with Crippen LogP contribution >= 0.6 is 0 Å². The average Bonchev–Trinajstić information content (AvgIpc) is 3.48. The number of fused-ring (bicyclic) bond motifs is 2. The fourth-order valence-corrected chi connectivity index (χ4v) is 4.84. The predicted octanol–water partition coefficient (Wildman–Crippen LogP) is 2.74. The zero-order chi connectivity index (χ0) is 20.7. The number of nitrogens with zero attached hydrogens (tertiary/aromatic N) is 5. The number of pyridine rings is 1.